The molecule has 2 saturated heterocycles. The van der Waals surface area contributed by atoms with Gasteiger partial charge in [-0.2, -0.15) is 0 Å². The van der Waals surface area contributed by atoms with Gasteiger partial charge in [0.25, 0.3) is 0 Å². The maximum absolute atomic E-state index is 12.4. The summed E-state index contributed by atoms with van der Waals surface area (Å²) in [7, 11) is 0. The van der Waals surface area contributed by atoms with Crippen LogP contribution in [-0.2, 0) is 9.53 Å². The molecule has 0 radical (unpaired) electrons. The van der Waals surface area contributed by atoms with Gasteiger partial charge in [-0.15, -0.1) is 0 Å². The lowest BCUT2D eigenvalue weighted by Gasteiger charge is -2.40. The minimum atomic E-state index is 0.149. The summed E-state index contributed by atoms with van der Waals surface area (Å²) in [5.74, 6) is 0.513. The first-order valence-corrected chi connectivity index (χ1v) is 7.66. The number of ether oxygens (including phenoxy) is 1. The lowest BCUT2D eigenvalue weighted by molar-refractivity contribution is -0.142. The predicted molar refractivity (Wildman–Crippen MR) is 70.3 cm³/mol. The van der Waals surface area contributed by atoms with Crippen molar-refractivity contribution in [2.75, 3.05) is 26.3 Å². The quantitative estimate of drug-likeness (QED) is 0.717. The van der Waals surface area contributed by atoms with E-state index in [1.165, 1.54) is 38.5 Å². The summed E-state index contributed by atoms with van der Waals surface area (Å²) in [4.78, 5) is 14.5. The second kappa shape index (κ2) is 5.20. The third kappa shape index (κ3) is 2.42. The Kier molecular flexibility index (Phi) is 3.60. The van der Waals surface area contributed by atoms with Gasteiger partial charge >= 0.3 is 0 Å². The monoisotopic (exact) mass is 251 g/mol. The fourth-order valence-corrected chi connectivity index (χ4v) is 4.02. The van der Waals surface area contributed by atoms with Crippen LogP contribution in [0.4, 0.5) is 0 Å². The average molecular weight is 251 g/mol. The van der Waals surface area contributed by atoms with Crippen molar-refractivity contribution in [2.24, 2.45) is 11.3 Å². The molecule has 0 aromatic heterocycles. The summed E-state index contributed by atoms with van der Waals surface area (Å²) < 4.78 is 5.44. The van der Waals surface area contributed by atoms with Crippen molar-refractivity contribution in [3.63, 3.8) is 0 Å². The third-order valence-electron chi connectivity index (χ3n) is 5.31. The molecule has 1 saturated carbocycles. The maximum atomic E-state index is 12.4. The van der Waals surface area contributed by atoms with Gasteiger partial charge in [-0.3, -0.25) is 4.79 Å². The van der Waals surface area contributed by atoms with E-state index in [4.69, 9.17) is 4.74 Å². The lowest BCUT2D eigenvalue weighted by atomic mass is 9.77. The van der Waals surface area contributed by atoms with Gasteiger partial charge in [-0.1, -0.05) is 12.8 Å². The van der Waals surface area contributed by atoms with Crippen molar-refractivity contribution < 1.29 is 9.53 Å². The SMILES string of the molecule is O=C([C@H]1CCCOC1)N1CCC2(CCCC2)CC1. The zero-order valence-corrected chi connectivity index (χ0v) is 11.3. The van der Waals surface area contributed by atoms with Crippen LogP contribution in [0.3, 0.4) is 0 Å². The number of hydrogen-bond donors (Lipinski definition) is 0. The van der Waals surface area contributed by atoms with Crippen LogP contribution in [0.25, 0.3) is 0 Å². The second-order valence-corrected chi connectivity index (χ2v) is 6.45. The zero-order valence-electron chi connectivity index (χ0n) is 11.3. The Labute approximate surface area is 110 Å². The molecule has 0 aromatic rings. The van der Waals surface area contributed by atoms with Crippen molar-refractivity contribution in [3.8, 4) is 0 Å². The highest BCUT2D eigenvalue weighted by molar-refractivity contribution is 5.79. The molecule has 1 amide bonds. The van der Waals surface area contributed by atoms with Crippen molar-refractivity contribution in [3.05, 3.63) is 0 Å². The van der Waals surface area contributed by atoms with E-state index in [9.17, 15) is 4.79 Å². The third-order valence-corrected chi connectivity index (χ3v) is 5.31. The predicted octanol–water partition coefficient (Wildman–Crippen LogP) is 2.60. The summed E-state index contributed by atoms with van der Waals surface area (Å²) in [5.41, 5.74) is 0.611. The summed E-state index contributed by atoms with van der Waals surface area (Å²) in [6.45, 7) is 3.48. The summed E-state index contributed by atoms with van der Waals surface area (Å²) in [6.07, 6.45) is 10.2. The maximum Gasteiger partial charge on any atom is 0.228 e. The number of nitrogens with zero attached hydrogens (tertiary/aromatic N) is 1. The number of hydrogen-bond acceptors (Lipinski definition) is 2. The Morgan fingerprint density at radius 2 is 1.78 bits per heavy atom. The standard InChI is InChI=1S/C15H25NO2/c17-14(13-4-3-11-18-12-13)16-9-7-15(8-10-16)5-1-2-6-15/h13H,1-12H2/t13-/m0/s1. The van der Waals surface area contributed by atoms with Crippen LogP contribution in [0.5, 0.6) is 0 Å². The number of likely N-dealkylation sites (tertiary alicyclic amines) is 1. The number of carbonyl (C=O) groups excluding carboxylic acids is 1. The number of rotatable bonds is 1. The van der Waals surface area contributed by atoms with Gasteiger partial charge < -0.3 is 9.64 Å². The molecule has 1 atom stereocenters. The van der Waals surface area contributed by atoms with E-state index in [1.54, 1.807) is 0 Å². The molecule has 1 aliphatic carbocycles. The molecule has 3 fully saturated rings. The van der Waals surface area contributed by atoms with Crippen molar-refractivity contribution in [1.29, 1.82) is 0 Å². The average Bonchev–Trinajstić information content (AvgIpc) is 2.88. The van der Waals surface area contributed by atoms with Gasteiger partial charge in [0.1, 0.15) is 0 Å². The van der Waals surface area contributed by atoms with Crippen LogP contribution >= 0.6 is 0 Å². The molecule has 2 aliphatic heterocycles. The highest BCUT2D eigenvalue weighted by Crippen LogP contribution is 2.46. The fourth-order valence-electron chi connectivity index (χ4n) is 4.02. The smallest absolute Gasteiger partial charge is 0.228 e. The van der Waals surface area contributed by atoms with E-state index in [0.29, 0.717) is 17.9 Å². The highest BCUT2D eigenvalue weighted by Gasteiger charge is 2.39. The first kappa shape index (κ1) is 12.5. The van der Waals surface area contributed by atoms with E-state index < -0.39 is 0 Å². The minimum absolute atomic E-state index is 0.149. The first-order chi connectivity index (χ1) is 8.79. The molecule has 0 aromatic carbocycles. The lowest BCUT2D eigenvalue weighted by Crippen LogP contribution is -2.46. The zero-order chi connectivity index (χ0) is 12.4. The molecule has 3 aliphatic rings. The van der Waals surface area contributed by atoms with Gasteiger partial charge in [0.2, 0.25) is 5.91 Å². The molecular formula is C15H25NO2. The molecule has 1 spiro atoms. The van der Waals surface area contributed by atoms with Crippen LogP contribution in [-0.4, -0.2) is 37.1 Å². The molecule has 18 heavy (non-hydrogen) atoms. The summed E-state index contributed by atoms with van der Waals surface area (Å²) in [6, 6.07) is 0. The number of amides is 1. The van der Waals surface area contributed by atoms with Crippen molar-refractivity contribution in [2.45, 2.75) is 51.4 Å². The Morgan fingerprint density at radius 1 is 1.06 bits per heavy atom. The Morgan fingerprint density at radius 3 is 2.39 bits per heavy atom. The van der Waals surface area contributed by atoms with Crippen LogP contribution in [0.1, 0.15) is 51.4 Å². The summed E-state index contributed by atoms with van der Waals surface area (Å²) in [5, 5.41) is 0. The molecule has 0 unspecified atom stereocenters. The molecule has 3 rings (SSSR count). The van der Waals surface area contributed by atoms with Gasteiger partial charge in [0.15, 0.2) is 0 Å². The number of piperidine rings is 1. The molecule has 0 N–H and O–H groups in total. The molecule has 3 heteroatoms. The summed E-state index contributed by atoms with van der Waals surface area (Å²) >= 11 is 0. The Balaban J connectivity index is 1.53. The Bertz CT molecular complexity index is 294. The molecular weight excluding hydrogens is 226 g/mol. The topological polar surface area (TPSA) is 29.5 Å². The first-order valence-electron chi connectivity index (χ1n) is 7.66. The second-order valence-electron chi connectivity index (χ2n) is 6.45. The van der Waals surface area contributed by atoms with Crippen LogP contribution in [0.15, 0.2) is 0 Å². The van der Waals surface area contributed by atoms with E-state index in [2.05, 4.69) is 4.90 Å². The number of carbonyl (C=O) groups is 1. The van der Waals surface area contributed by atoms with Gasteiger partial charge in [-0.25, -0.2) is 0 Å². The van der Waals surface area contributed by atoms with Crippen molar-refractivity contribution in [1.82, 2.24) is 4.90 Å². The highest BCUT2D eigenvalue weighted by atomic mass is 16.5. The van der Waals surface area contributed by atoms with Gasteiger partial charge in [-0.05, 0) is 43.9 Å². The van der Waals surface area contributed by atoms with E-state index in [-0.39, 0.29) is 5.92 Å². The minimum Gasteiger partial charge on any atom is -0.381 e. The van der Waals surface area contributed by atoms with Crippen LogP contribution in [0, 0.1) is 11.3 Å². The van der Waals surface area contributed by atoms with E-state index in [1.807, 2.05) is 0 Å². The van der Waals surface area contributed by atoms with E-state index >= 15 is 0 Å². The van der Waals surface area contributed by atoms with E-state index in [0.717, 1.165) is 32.5 Å². The molecule has 0 bridgehead atoms. The fraction of sp³-hybridized carbons (Fsp3) is 0.933. The molecule has 102 valence electrons. The normalized spacial score (nSPS) is 31.8. The van der Waals surface area contributed by atoms with Gasteiger partial charge in [0, 0.05) is 19.7 Å². The Hall–Kier alpha value is -0.570. The molecule has 3 nitrogen and oxygen atoms in total. The van der Waals surface area contributed by atoms with Crippen LogP contribution < -0.4 is 0 Å². The van der Waals surface area contributed by atoms with Crippen LogP contribution in [0.2, 0.25) is 0 Å². The van der Waals surface area contributed by atoms with Crippen molar-refractivity contribution >= 4 is 5.91 Å². The largest absolute Gasteiger partial charge is 0.381 e. The van der Waals surface area contributed by atoms with Gasteiger partial charge in [0.05, 0.1) is 12.5 Å². The molecule has 2 heterocycles.